The van der Waals surface area contributed by atoms with Crippen molar-refractivity contribution in [2.45, 2.75) is 13.2 Å². The van der Waals surface area contributed by atoms with Gasteiger partial charge < -0.3 is 9.26 Å². The molecule has 0 aliphatic rings. The third-order valence-electron chi connectivity index (χ3n) is 0.732. The fraction of sp³-hybridized carbons (Fsp3) is 0.400. The van der Waals surface area contributed by atoms with E-state index in [4.69, 9.17) is 10.5 Å². The number of hydrogen-bond donors (Lipinski definition) is 1. The van der Waals surface area contributed by atoms with Gasteiger partial charge in [-0.05, 0) is 6.92 Å². The summed E-state index contributed by atoms with van der Waals surface area (Å²) >= 11 is 0. The SMILES string of the molecule is CC(N)Oc1cnoc1. The summed E-state index contributed by atoms with van der Waals surface area (Å²) in [5.41, 5.74) is 5.29. The standard InChI is InChI=1S/C5H8N2O2/c1-4(6)9-5-2-7-8-3-5/h2-4H,6H2,1H3. The minimum absolute atomic E-state index is 0.315. The third-order valence-corrected chi connectivity index (χ3v) is 0.732. The Hall–Kier alpha value is -1.03. The lowest BCUT2D eigenvalue weighted by molar-refractivity contribution is 0.227. The highest BCUT2D eigenvalue weighted by Crippen LogP contribution is 2.07. The van der Waals surface area contributed by atoms with Crippen molar-refractivity contribution < 1.29 is 9.26 Å². The highest BCUT2D eigenvalue weighted by molar-refractivity contribution is 5.08. The first-order valence-electron chi connectivity index (χ1n) is 2.60. The Morgan fingerprint density at radius 2 is 2.67 bits per heavy atom. The maximum absolute atomic E-state index is 5.29. The van der Waals surface area contributed by atoms with E-state index in [1.165, 1.54) is 12.5 Å². The van der Waals surface area contributed by atoms with Crippen molar-refractivity contribution in [1.82, 2.24) is 5.16 Å². The maximum Gasteiger partial charge on any atom is 0.181 e. The molecule has 0 spiro atoms. The van der Waals surface area contributed by atoms with Gasteiger partial charge in [0.2, 0.25) is 0 Å². The molecule has 1 rings (SSSR count). The average Bonchev–Trinajstić information content (AvgIpc) is 2.15. The van der Waals surface area contributed by atoms with Gasteiger partial charge in [-0.25, -0.2) is 0 Å². The van der Waals surface area contributed by atoms with E-state index in [0.29, 0.717) is 5.75 Å². The first-order chi connectivity index (χ1) is 4.29. The number of ether oxygens (including phenoxy) is 1. The van der Waals surface area contributed by atoms with Gasteiger partial charge in [0.25, 0.3) is 0 Å². The molecule has 0 radical (unpaired) electrons. The number of nitrogens with two attached hydrogens (primary N) is 1. The topological polar surface area (TPSA) is 61.3 Å². The van der Waals surface area contributed by atoms with Crippen molar-refractivity contribution in [1.29, 1.82) is 0 Å². The van der Waals surface area contributed by atoms with Crippen LogP contribution in [0.15, 0.2) is 17.0 Å². The predicted molar refractivity (Wildman–Crippen MR) is 30.8 cm³/mol. The molecule has 1 aromatic heterocycles. The summed E-state index contributed by atoms with van der Waals surface area (Å²) in [6.07, 6.45) is 2.54. The summed E-state index contributed by atoms with van der Waals surface area (Å²) < 4.78 is 9.46. The molecule has 1 unspecified atom stereocenters. The molecular weight excluding hydrogens is 120 g/mol. The quantitative estimate of drug-likeness (QED) is 0.584. The van der Waals surface area contributed by atoms with Crippen molar-refractivity contribution in [3.63, 3.8) is 0 Å². The summed E-state index contributed by atoms with van der Waals surface area (Å²) in [7, 11) is 0. The molecule has 0 aromatic carbocycles. The van der Waals surface area contributed by atoms with Crippen molar-refractivity contribution >= 4 is 0 Å². The highest BCUT2D eigenvalue weighted by Gasteiger charge is 1.97. The Labute approximate surface area is 52.6 Å². The van der Waals surface area contributed by atoms with Crippen LogP contribution in [0.3, 0.4) is 0 Å². The van der Waals surface area contributed by atoms with Crippen LogP contribution >= 0.6 is 0 Å². The molecule has 1 atom stereocenters. The molecule has 4 nitrogen and oxygen atoms in total. The van der Waals surface area contributed by atoms with Crippen molar-refractivity contribution in [2.75, 3.05) is 0 Å². The van der Waals surface area contributed by atoms with Gasteiger partial charge in [-0.2, -0.15) is 0 Å². The lowest BCUT2D eigenvalue weighted by Gasteiger charge is -2.03. The summed E-state index contributed by atoms with van der Waals surface area (Å²) in [5.74, 6) is 0.560. The van der Waals surface area contributed by atoms with Crippen molar-refractivity contribution in [2.24, 2.45) is 5.73 Å². The molecule has 1 aromatic rings. The normalized spacial score (nSPS) is 13.1. The van der Waals surface area contributed by atoms with E-state index in [1.54, 1.807) is 6.92 Å². The van der Waals surface area contributed by atoms with Crippen LogP contribution in [0.1, 0.15) is 6.92 Å². The van der Waals surface area contributed by atoms with Gasteiger partial charge >= 0.3 is 0 Å². The second-order valence-electron chi connectivity index (χ2n) is 1.68. The monoisotopic (exact) mass is 128 g/mol. The molecule has 1 heterocycles. The molecule has 0 saturated carbocycles. The Balaban J connectivity index is 2.48. The Kier molecular flexibility index (Phi) is 1.69. The molecular formula is C5H8N2O2. The fourth-order valence-corrected chi connectivity index (χ4v) is 0.468. The van der Waals surface area contributed by atoms with Crippen LogP contribution in [-0.4, -0.2) is 11.4 Å². The number of rotatable bonds is 2. The lowest BCUT2D eigenvalue weighted by Crippen LogP contribution is -2.22. The van der Waals surface area contributed by atoms with Crippen LogP contribution < -0.4 is 10.5 Å². The molecule has 0 fully saturated rings. The molecule has 9 heavy (non-hydrogen) atoms. The van der Waals surface area contributed by atoms with Crippen LogP contribution in [0.25, 0.3) is 0 Å². The minimum atomic E-state index is -0.315. The zero-order valence-electron chi connectivity index (χ0n) is 5.07. The number of nitrogens with zero attached hydrogens (tertiary/aromatic N) is 1. The molecule has 0 aliphatic carbocycles. The van der Waals surface area contributed by atoms with Crippen molar-refractivity contribution in [3.8, 4) is 5.75 Å². The molecule has 0 amide bonds. The number of hydrogen-bond acceptors (Lipinski definition) is 4. The van der Waals surface area contributed by atoms with Crippen LogP contribution in [0.4, 0.5) is 0 Å². The predicted octanol–water partition coefficient (Wildman–Crippen LogP) is 0.358. The summed E-state index contributed by atoms with van der Waals surface area (Å²) in [4.78, 5) is 0. The van der Waals surface area contributed by atoms with E-state index >= 15 is 0 Å². The summed E-state index contributed by atoms with van der Waals surface area (Å²) in [6.45, 7) is 1.73. The Morgan fingerprint density at radius 3 is 3.11 bits per heavy atom. The van der Waals surface area contributed by atoms with Gasteiger partial charge in [0, 0.05) is 0 Å². The fourth-order valence-electron chi connectivity index (χ4n) is 0.468. The van der Waals surface area contributed by atoms with E-state index in [1.807, 2.05) is 0 Å². The second kappa shape index (κ2) is 2.50. The maximum atomic E-state index is 5.29. The van der Waals surface area contributed by atoms with Gasteiger partial charge in [-0.3, -0.25) is 5.73 Å². The van der Waals surface area contributed by atoms with E-state index in [0.717, 1.165) is 0 Å². The van der Waals surface area contributed by atoms with E-state index in [-0.39, 0.29) is 6.23 Å². The lowest BCUT2D eigenvalue weighted by atomic mass is 10.6. The molecule has 0 bridgehead atoms. The molecule has 4 heteroatoms. The van der Waals surface area contributed by atoms with Crippen LogP contribution in [0.5, 0.6) is 5.75 Å². The van der Waals surface area contributed by atoms with Crippen LogP contribution in [-0.2, 0) is 0 Å². The largest absolute Gasteiger partial charge is 0.471 e. The highest BCUT2D eigenvalue weighted by atomic mass is 16.5. The van der Waals surface area contributed by atoms with E-state index in [2.05, 4.69) is 9.68 Å². The van der Waals surface area contributed by atoms with E-state index in [9.17, 15) is 0 Å². The average molecular weight is 128 g/mol. The Morgan fingerprint density at radius 1 is 1.89 bits per heavy atom. The third kappa shape index (κ3) is 1.73. The van der Waals surface area contributed by atoms with Gasteiger partial charge in [0.1, 0.15) is 12.4 Å². The summed E-state index contributed by atoms with van der Waals surface area (Å²) in [5, 5.41) is 3.42. The Bertz CT molecular complexity index is 159. The first-order valence-corrected chi connectivity index (χ1v) is 2.60. The summed E-state index contributed by atoms with van der Waals surface area (Å²) in [6, 6.07) is 0. The molecule has 2 N–H and O–H groups in total. The zero-order chi connectivity index (χ0) is 6.69. The van der Waals surface area contributed by atoms with Gasteiger partial charge in [0.05, 0.1) is 0 Å². The van der Waals surface area contributed by atoms with Gasteiger partial charge in [0.15, 0.2) is 12.0 Å². The zero-order valence-corrected chi connectivity index (χ0v) is 5.07. The minimum Gasteiger partial charge on any atom is -0.471 e. The van der Waals surface area contributed by atoms with Crippen LogP contribution in [0, 0.1) is 0 Å². The molecule has 0 saturated heterocycles. The van der Waals surface area contributed by atoms with Gasteiger partial charge in [-0.1, -0.05) is 5.16 Å². The number of aromatic nitrogens is 1. The smallest absolute Gasteiger partial charge is 0.181 e. The molecule has 0 aliphatic heterocycles. The van der Waals surface area contributed by atoms with E-state index < -0.39 is 0 Å². The molecule has 50 valence electrons. The van der Waals surface area contributed by atoms with Crippen LogP contribution in [0.2, 0.25) is 0 Å². The van der Waals surface area contributed by atoms with Crippen molar-refractivity contribution in [3.05, 3.63) is 12.5 Å². The first kappa shape index (κ1) is 6.10. The second-order valence-corrected chi connectivity index (χ2v) is 1.68. The van der Waals surface area contributed by atoms with Gasteiger partial charge in [-0.15, -0.1) is 0 Å².